The zero-order chi connectivity index (χ0) is 16.8. The number of morpholine rings is 1. The van der Waals surface area contributed by atoms with Crippen molar-refractivity contribution in [2.45, 2.75) is 25.6 Å². The van der Waals surface area contributed by atoms with Gasteiger partial charge in [-0.1, -0.05) is 30.3 Å². The van der Waals surface area contributed by atoms with E-state index < -0.39 is 6.04 Å². The minimum atomic E-state index is -0.578. The van der Waals surface area contributed by atoms with Gasteiger partial charge in [-0.05, 0) is 26.6 Å². The number of benzene rings is 1. The molecule has 0 aromatic heterocycles. The van der Waals surface area contributed by atoms with Gasteiger partial charge in [-0.2, -0.15) is 0 Å². The van der Waals surface area contributed by atoms with Crippen molar-refractivity contribution in [1.82, 2.24) is 15.1 Å². The molecule has 0 aliphatic carbocycles. The number of carbonyl (C=O) groups excluding carboxylic acids is 2. The van der Waals surface area contributed by atoms with Crippen molar-refractivity contribution in [3.8, 4) is 0 Å². The van der Waals surface area contributed by atoms with Gasteiger partial charge in [0, 0.05) is 19.1 Å². The Morgan fingerprint density at radius 2 is 2.09 bits per heavy atom. The Hall–Kier alpha value is -1.92. The Morgan fingerprint density at radius 1 is 1.39 bits per heavy atom. The Morgan fingerprint density at radius 3 is 2.74 bits per heavy atom. The molecule has 126 valence electrons. The van der Waals surface area contributed by atoms with E-state index in [0.717, 1.165) is 5.56 Å². The van der Waals surface area contributed by atoms with Crippen LogP contribution in [0.3, 0.4) is 0 Å². The molecule has 1 aliphatic heterocycles. The second kappa shape index (κ2) is 8.08. The van der Waals surface area contributed by atoms with Crippen LogP contribution in [0, 0.1) is 0 Å². The van der Waals surface area contributed by atoms with Gasteiger partial charge in [0.05, 0.1) is 6.61 Å². The number of rotatable bonds is 6. The first-order valence-electron chi connectivity index (χ1n) is 7.84. The lowest BCUT2D eigenvalue weighted by Gasteiger charge is -2.35. The van der Waals surface area contributed by atoms with Gasteiger partial charge in [0.2, 0.25) is 11.8 Å². The van der Waals surface area contributed by atoms with Gasteiger partial charge in [0.25, 0.3) is 0 Å². The number of amides is 2. The fourth-order valence-corrected chi connectivity index (χ4v) is 2.35. The molecular weight excluding hydrogens is 294 g/mol. The van der Waals surface area contributed by atoms with Crippen LogP contribution >= 0.6 is 0 Å². The normalized spacial score (nSPS) is 19.7. The highest BCUT2D eigenvalue weighted by atomic mass is 16.5. The zero-order valence-corrected chi connectivity index (χ0v) is 14.0. The van der Waals surface area contributed by atoms with Crippen molar-refractivity contribution in [2.24, 2.45) is 0 Å². The summed E-state index contributed by atoms with van der Waals surface area (Å²) in [6.45, 7) is 3.26. The number of hydrogen-bond acceptors (Lipinski definition) is 4. The molecule has 1 saturated heterocycles. The maximum Gasteiger partial charge on any atom is 0.249 e. The smallest absolute Gasteiger partial charge is 0.249 e. The quantitative estimate of drug-likeness (QED) is 0.828. The van der Waals surface area contributed by atoms with Gasteiger partial charge >= 0.3 is 0 Å². The van der Waals surface area contributed by atoms with Gasteiger partial charge in [0.15, 0.2) is 0 Å². The molecule has 2 atom stereocenters. The third-order valence-corrected chi connectivity index (χ3v) is 4.15. The summed E-state index contributed by atoms with van der Waals surface area (Å²) in [6.07, 6.45) is 0. The predicted octanol–water partition coefficient (Wildman–Crippen LogP) is 0.480. The standard InChI is InChI=1S/C17H25N3O3/c1-13(19(2)3)9-18-17(22)15-11-23-12-16(21)20(15)10-14-7-5-4-6-8-14/h4-8,13,15H,9-12H2,1-3H3,(H,18,22)/t13-,15-/m0/s1. The predicted molar refractivity (Wildman–Crippen MR) is 87.8 cm³/mol. The van der Waals surface area contributed by atoms with E-state index in [4.69, 9.17) is 4.74 Å². The topological polar surface area (TPSA) is 61.9 Å². The van der Waals surface area contributed by atoms with Crippen molar-refractivity contribution in [3.63, 3.8) is 0 Å². The molecule has 0 spiro atoms. The molecule has 6 nitrogen and oxygen atoms in total. The van der Waals surface area contributed by atoms with E-state index in [1.165, 1.54) is 0 Å². The molecule has 2 amide bonds. The molecule has 6 heteroatoms. The minimum Gasteiger partial charge on any atom is -0.369 e. The highest BCUT2D eigenvalue weighted by molar-refractivity contribution is 5.89. The van der Waals surface area contributed by atoms with Crippen LogP contribution in [0.1, 0.15) is 12.5 Å². The second-order valence-corrected chi connectivity index (χ2v) is 6.10. The van der Waals surface area contributed by atoms with Crippen molar-refractivity contribution in [1.29, 1.82) is 0 Å². The van der Waals surface area contributed by atoms with Gasteiger partial charge in [-0.25, -0.2) is 0 Å². The molecule has 1 fully saturated rings. The number of carbonyl (C=O) groups is 2. The maximum absolute atomic E-state index is 12.5. The number of likely N-dealkylation sites (N-methyl/N-ethyl adjacent to an activating group) is 1. The molecule has 1 N–H and O–H groups in total. The SMILES string of the molecule is C[C@@H](CNC(=O)[C@@H]1COCC(=O)N1Cc1ccccc1)N(C)C. The van der Waals surface area contributed by atoms with Crippen LogP contribution in [0.5, 0.6) is 0 Å². The first kappa shape index (κ1) is 17.4. The summed E-state index contributed by atoms with van der Waals surface area (Å²) in [5, 5.41) is 2.92. The molecule has 1 aromatic rings. The van der Waals surface area contributed by atoms with E-state index in [-0.39, 0.29) is 31.1 Å². The first-order chi connectivity index (χ1) is 11.0. The van der Waals surface area contributed by atoms with Crippen molar-refractivity contribution < 1.29 is 14.3 Å². The summed E-state index contributed by atoms with van der Waals surface area (Å²) < 4.78 is 5.28. The third kappa shape index (κ3) is 4.77. The molecule has 0 radical (unpaired) electrons. The van der Waals surface area contributed by atoms with Crippen LogP contribution in [0.4, 0.5) is 0 Å². The van der Waals surface area contributed by atoms with E-state index >= 15 is 0 Å². The monoisotopic (exact) mass is 319 g/mol. The van der Waals surface area contributed by atoms with Gasteiger partial charge < -0.3 is 19.9 Å². The number of nitrogens with zero attached hydrogens (tertiary/aromatic N) is 2. The van der Waals surface area contributed by atoms with Crippen LogP contribution in [0.15, 0.2) is 30.3 Å². The van der Waals surface area contributed by atoms with Crippen LogP contribution in [-0.2, 0) is 20.9 Å². The Bertz CT molecular complexity index is 533. The van der Waals surface area contributed by atoms with Crippen LogP contribution < -0.4 is 5.32 Å². The fraction of sp³-hybridized carbons (Fsp3) is 0.529. The van der Waals surface area contributed by atoms with E-state index in [2.05, 4.69) is 5.32 Å². The lowest BCUT2D eigenvalue weighted by molar-refractivity contribution is -0.155. The molecule has 2 rings (SSSR count). The van der Waals surface area contributed by atoms with Crippen LogP contribution in [0.25, 0.3) is 0 Å². The summed E-state index contributed by atoms with van der Waals surface area (Å²) in [5.41, 5.74) is 1.00. The minimum absolute atomic E-state index is 0.0325. The Balaban J connectivity index is 2.02. The number of hydrogen-bond donors (Lipinski definition) is 1. The summed E-state index contributed by atoms with van der Waals surface area (Å²) in [5.74, 6) is -0.316. The summed E-state index contributed by atoms with van der Waals surface area (Å²) in [4.78, 5) is 28.3. The Kier molecular flexibility index (Phi) is 6.12. The van der Waals surface area contributed by atoms with Crippen molar-refractivity contribution in [3.05, 3.63) is 35.9 Å². The average Bonchev–Trinajstić information content (AvgIpc) is 2.55. The zero-order valence-electron chi connectivity index (χ0n) is 14.0. The lowest BCUT2D eigenvalue weighted by Crippen LogP contribution is -2.56. The lowest BCUT2D eigenvalue weighted by atomic mass is 10.1. The van der Waals surface area contributed by atoms with Crippen molar-refractivity contribution >= 4 is 11.8 Å². The third-order valence-electron chi connectivity index (χ3n) is 4.15. The van der Waals surface area contributed by atoms with Crippen molar-refractivity contribution in [2.75, 3.05) is 33.9 Å². The highest BCUT2D eigenvalue weighted by Crippen LogP contribution is 2.13. The molecular formula is C17H25N3O3. The average molecular weight is 319 g/mol. The number of nitrogens with one attached hydrogen (secondary N) is 1. The number of ether oxygens (including phenoxy) is 1. The Labute approximate surface area is 137 Å². The van der Waals surface area contributed by atoms with E-state index in [9.17, 15) is 9.59 Å². The summed E-state index contributed by atoms with van der Waals surface area (Å²) >= 11 is 0. The van der Waals surface area contributed by atoms with Crippen LogP contribution in [0.2, 0.25) is 0 Å². The molecule has 0 bridgehead atoms. The first-order valence-corrected chi connectivity index (χ1v) is 7.84. The molecule has 1 aliphatic rings. The van der Waals surface area contributed by atoms with Crippen LogP contribution in [-0.4, -0.2) is 67.6 Å². The molecule has 1 aromatic carbocycles. The second-order valence-electron chi connectivity index (χ2n) is 6.10. The summed E-state index contributed by atoms with van der Waals surface area (Å²) in [7, 11) is 3.93. The van der Waals surface area contributed by atoms with E-state index in [1.807, 2.05) is 56.3 Å². The van der Waals surface area contributed by atoms with E-state index in [0.29, 0.717) is 13.1 Å². The van der Waals surface area contributed by atoms with Gasteiger partial charge in [0.1, 0.15) is 12.6 Å². The van der Waals surface area contributed by atoms with E-state index in [1.54, 1.807) is 4.90 Å². The summed E-state index contributed by atoms with van der Waals surface area (Å²) in [6, 6.07) is 9.32. The molecule has 0 unspecified atom stereocenters. The molecule has 0 saturated carbocycles. The molecule has 23 heavy (non-hydrogen) atoms. The maximum atomic E-state index is 12.5. The largest absolute Gasteiger partial charge is 0.369 e. The fourth-order valence-electron chi connectivity index (χ4n) is 2.35. The highest BCUT2D eigenvalue weighted by Gasteiger charge is 2.34. The molecule has 1 heterocycles. The van der Waals surface area contributed by atoms with Gasteiger partial charge in [-0.15, -0.1) is 0 Å². The van der Waals surface area contributed by atoms with Gasteiger partial charge in [-0.3, -0.25) is 9.59 Å².